The predicted octanol–water partition coefficient (Wildman–Crippen LogP) is 2.72. The summed E-state index contributed by atoms with van der Waals surface area (Å²) in [5, 5.41) is 3.12. The van der Waals surface area contributed by atoms with E-state index in [1.165, 1.54) is 19.8 Å². The van der Waals surface area contributed by atoms with Gasteiger partial charge in [-0.2, -0.15) is 0 Å². The number of nitrogens with zero attached hydrogens (tertiary/aromatic N) is 1. The van der Waals surface area contributed by atoms with Crippen molar-refractivity contribution >= 4 is 5.91 Å². The number of amides is 1. The first-order valence-corrected chi connectivity index (χ1v) is 9.01. The second kappa shape index (κ2) is 8.77. The molecule has 1 fully saturated rings. The van der Waals surface area contributed by atoms with E-state index in [2.05, 4.69) is 34.5 Å². The molecule has 144 valence electrons. The van der Waals surface area contributed by atoms with Crippen LogP contribution in [0, 0.1) is 0 Å². The van der Waals surface area contributed by atoms with Gasteiger partial charge in [-0.15, -0.1) is 0 Å². The largest absolute Gasteiger partial charge is 0.493 e. The maximum Gasteiger partial charge on any atom is 0.251 e. The van der Waals surface area contributed by atoms with Crippen LogP contribution in [0.2, 0.25) is 0 Å². The topological polar surface area (TPSA) is 60.0 Å². The van der Waals surface area contributed by atoms with Crippen LogP contribution in [0.4, 0.5) is 0 Å². The van der Waals surface area contributed by atoms with Crippen molar-refractivity contribution in [2.45, 2.75) is 19.0 Å². The maximum atomic E-state index is 12.7. The number of rotatable bonds is 7. The average molecular weight is 370 g/mol. The number of carbonyl (C=O) groups is 1. The van der Waals surface area contributed by atoms with E-state index in [-0.39, 0.29) is 11.9 Å². The van der Waals surface area contributed by atoms with Gasteiger partial charge in [-0.05, 0) is 24.1 Å². The number of methoxy groups -OCH3 is 3. The second-order valence-corrected chi connectivity index (χ2v) is 6.59. The van der Waals surface area contributed by atoms with Crippen molar-refractivity contribution in [2.75, 3.05) is 34.4 Å². The summed E-state index contributed by atoms with van der Waals surface area (Å²) in [6.07, 6.45) is 0.934. The Labute approximate surface area is 160 Å². The fourth-order valence-corrected chi connectivity index (χ4v) is 3.42. The van der Waals surface area contributed by atoms with Crippen molar-refractivity contribution in [3.8, 4) is 17.2 Å². The molecule has 0 aliphatic carbocycles. The van der Waals surface area contributed by atoms with Crippen molar-refractivity contribution in [2.24, 2.45) is 0 Å². The van der Waals surface area contributed by atoms with Crippen LogP contribution in [0.5, 0.6) is 17.2 Å². The number of ether oxygens (including phenoxy) is 3. The van der Waals surface area contributed by atoms with Crippen LogP contribution < -0.4 is 19.5 Å². The Balaban J connectivity index is 1.64. The third kappa shape index (κ3) is 4.52. The van der Waals surface area contributed by atoms with Crippen molar-refractivity contribution in [3.05, 3.63) is 53.6 Å². The van der Waals surface area contributed by atoms with Crippen LogP contribution in [0.1, 0.15) is 22.3 Å². The van der Waals surface area contributed by atoms with Crippen molar-refractivity contribution < 1.29 is 19.0 Å². The lowest BCUT2D eigenvalue weighted by Crippen LogP contribution is -2.37. The van der Waals surface area contributed by atoms with E-state index >= 15 is 0 Å². The van der Waals surface area contributed by atoms with Gasteiger partial charge in [0, 0.05) is 31.2 Å². The third-order valence-corrected chi connectivity index (χ3v) is 4.78. The molecule has 0 spiro atoms. The fraction of sp³-hybridized carbons (Fsp3) is 0.381. The molecule has 0 bridgehead atoms. The van der Waals surface area contributed by atoms with E-state index in [0.29, 0.717) is 22.8 Å². The monoisotopic (exact) mass is 370 g/mol. The number of benzene rings is 2. The highest BCUT2D eigenvalue weighted by Crippen LogP contribution is 2.38. The Morgan fingerprint density at radius 3 is 2.33 bits per heavy atom. The Hall–Kier alpha value is -2.73. The summed E-state index contributed by atoms with van der Waals surface area (Å²) < 4.78 is 16.0. The van der Waals surface area contributed by atoms with E-state index in [1.54, 1.807) is 19.2 Å². The number of hydrogen-bond donors (Lipinski definition) is 1. The summed E-state index contributed by atoms with van der Waals surface area (Å²) in [6, 6.07) is 13.9. The molecule has 27 heavy (non-hydrogen) atoms. The average Bonchev–Trinajstić information content (AvgIpc) is 3.14. The van der Waals surface area contributed by atoms with E-state index in [9.17, 15) is 4.79 Å². The zero-order valence-corrected chi connectivity index (χ0v) is 16.0. The lowest BCUT2D eigenvalue weighted by atomic mass is 10.1. The molecule has 6 nitrogen and oxygen atoms in total. The SMILES string of the molecule is COc1cc(C(=O)N[C@@H]2CCN(Cc3ccccc3)C2)cc(OC)c1OC. The van der Waals surface area contributed by atoms with Gasteiger partial charge in [-0.1, -0.05) is 30.3 Å². The smallest absolute Gasteiger partial charge is 0.251 e. The Morgan fingerprint density at radius 1 is 1.07 bits per heavy atom. The van der Waals surface area contributed by atoms with Gasteiger partial charge in [0.1, 0.15) is 0 Å². The number of hydrogen-bond acceptors (Lipinski definition) is 5. The molecule has 1 aliphatic rings. The summed E-state index contributed by atoms with van der Waals surface area (Å²) in [5.41, 5.74) is 1.78. The number of likely N-dealkylation sites (tertiary alicyclic amines) is 1. The van der Waals surface area contributed by atoms with Crippen LogP contribution >= 0.6 is 0 Å². The molecule has 2 aromatic carbocycles. The van der Waals surface area contributed by atoms with Gasteiger partial charge in [-0.25, -0.2) is 0 Å². The van der Waals surface area contributed by atoms with E-state index < -0.39 is 0 Å². The van der Waals surface area contributed by atoms with Gasteiger partial charge >= 0.3 is 0 Å². The van der Waals surface area contributed by atoms with Gasteiger partial charge in [0.25, 0.3) is 5.91 Å². The van der Waals surface area contributed by atoms with E-state index in [1.807, 2.05) is 6.07 Å². The minimum atomic E-state index is -0.138. The summed E-state index contributed by atoms with van der Waals surface area (Å²) in [5.74, 6) is 1.28. The van der Waals surface area contributed by atoms with E-state index in [0.717, 1.165) is 26.1 Å². The highest BCUT2D eigenvalue weighted by Gasteiger charge is 2.25. The molecule has 3 rings (SSSR count). The lowest BCUT2D eigenvalue weighted by molar-refractivity contribution is 0.0937. The molecular weight excluding hydrogens is 344 g/mol. The molecule has 1 atom stereocenters. The Kier molecular flexibility index (Phi) is 6.19. The summed E-state index contributed by atoms with van der Waals surface area (Å²) in [6.45, 7) is 2.71. The Morgan fingerprint density at radius 2 is 1.74 bits per heavy atom. The summed E-state index contributed by atoms with van der Waals surface area (Å²) in [7, 11) is 4.62. The molecule has 1 aliphatic heterocycles. The molecule has 0 saturated carbocycles. The first kappa shape index (κ1) is 19.0. The van der Waals surface area contributed by atoms with E-state index in [4.69, 9.17) is 14.2 Å². The number of carbonyl (C=O) groups excluding carboxylic acids is 1. The molecule has 2 aromatic rings. The van der Waals surface area contributed by atoms with Gasteiger partial charge in [0.15, 0.2) is 11.5 Å². The zero-order valence-electron chi connectivity index (χ0n) is 16.0. The van der Waals surface area contributed by atoms with Gasteiger partial charge < -0.3 is 19.5 Å². The molecule has 1 heterocycles. The van der Waals surface area contributed by atoms with Crippen LogP contribution in [0.3, 0.4) is 0 Å². The zero-order chi connectivity index (χ0) is 19.2. The highest BCUT2D eigenvalue weighted by atomic mass is 16.5. The quantitative estimate of drug-likeness (QED) is 0.812. The summed E-state index contributed by atoms with van der Waals surface area (Å²) >= 11 is 0. The molecule has 0 aromatic heterocycles. The molecule has 0 radical (unpaired) electrons. The highest BCUT2D eigenvalue weighted by molar-refractivity contribution is 5.95. The van der Waals surface area contributed by atoms with Gasteiger partial charge in [0.05, 0.1) is 21.3 Å². The normalized spacial score (nSPS) is 16.8. The number of nitrogens with one attached hydrogen (secondary N) is 1. The van der Waals surface area contributed by atoms with Crippen LogP contribution in [0.25, 0.3) is 0 Å². The van der Waals surface area contributed by atoms with Gasteiger partial charge in [0.2, 0.25) is 5.75 Å². The molecule has 1 amide bonds. The molecule has 0 unspecified atom stereocenters. The maximum absolute atomic E-state index is 12.7. The second-order valence-electron chi connectivity index (χ2n) is 6.59. The van der Waals surface area contributed by atoms with Crippen LogP contribution in [-0.4, -0.2) is 51.3 Å². The third-order valence-electron chi connectivity index (χ3n) is 4.78. The van der Waals surface area contributed by atoms with Gasteiger partial charge in [-0.3, -0.25) is 9.69 Å². The first-order chi connectivity index (χ1) is 13.1. The molecule has 6 heteroatoms. The predicted molar refractivity (Wildman–Crippen MR) is 104 cm³/mol. The standard InChI is InChI=1S/C21H26N2O4/c1-25-18-11-16(12-19(26-2)20(18)27-3)21(24)22-17-9-10-23(14-17)13-15-7-5-4-6-8-15/h4-8,11-12,17H,9-10,13-14H2,1-3H3,(H,22,24)/t17-/m1/s1. The van der Waals surface area contributed by atoms with Crippen molar-refractivity contribution in [1.82, 2.24) is 10.2 Å². The fourth-order valence-electron chi connectivity index (χ4n) is 3.42. The lowest BCUT2D eigenvalue weighted by Gasteiger charge is -2.18. The molecule has 1 N–H and O–H groups in total. The minimum Gasteiger partial charge on any atom is -0.493 e. The van der Waals surface area contributed by atoms with Crippen molar-refractivity contribution in [3.63, 3.8) is 0 Å². The Bertz CT molecular complexity index is 754. The summed E-state index contributed by atoms with van der Waals surface area (Å²) in [4.78, 5) is 15.1. The van der Waals surface area contributed by atoms with Crippen LogP contribution in [-0.2, 0) is 6.54 Å². The molecule has 1 saturated heterocycles. The van der Waals surface area contributed by atoms with Crippen LogP contribution in [0.15, 0.2) is 42.5 Å². The minimum absolute atomic E-state index is 0.125. The van der Waals surface area contributed by atoms with Crippen molar-refractivity contribution in [1.29, 1.82) is 0 Å². The molecular formula is C21H26N2O4. The first-order valence-electron chi connectivity index (χ1n) is 9.01.